The Morgan fingerprint density at radius 2 is 1.64 bits per heavy atom. The fourth-order valence-electron chi connectivity index (χ4n) is 4.97. The van der Waals surface area contributed by atoms with Gasteiger partial charge in [-0.25, -0.2) is 4.79 Å². The number of halogens is 2. The topological polar surface area (TPSA) is 102 Å². The molecular weight excluding hydrogens is 541 g/mol. The van der Waals surface area contributed by atoms with Gasteiger partial charge >= 0.3 is 11.9 Å². The summed E-state index contributed by atoms with van der Waals surface area (Å²) in [6, 6.07) is 11.1. The van der Waals surface area contributed by atoms with E-state index < -0.39 is 34.4 Å². The Balaban J connectivity index is 1.65. The molecule has 2 N–H and O–H groups in total. The summed E-state index contributed by atoms with van der Waals surface area (Å²) >= 11 is 12.4. The van der Waals surface area contributed by atoms with Crippen molar-refractivity contribution in [3.05, 3.63) is 63.6 Å². The highest BCUT2D eigenvalue weighted by Gasteiger charge is 2.59. The maximum Gasteiger partial charge on any atom is 0.326 e. The highest BCUT2D eigenvalue weighted by molar-refractivity contribution is 6.35. The van der Waals surface area contributed by atoms with Gasteiger partial charge in [-0.15, -0.1) is 0 Å². The number of benzene rings is 2. The smallest absolute Gasteiger partial charge is 0.326 e. The van der Waals surface area contributed by atoms with Crippen molar-refractivity contribution in [2.75, 3.05) is 0 Å². The molecule has 1 saturated carbocycles. The van der Waals surface area contributed by atoms with E-state index in [-0.39, 0.29) is 24.9 Å². The van der Waals surface area contributed by atoms with Crippen molar-refractivity contribution in [1.29, 1.82) is 0 Å². The number of hydrogen-bond donors (Lipinski definition) is 2. The third-order valence-corrected chi connectivity index (χ3v) is 8.52. The maximum absolute atomic E-state index is 13.3. The number of carboxylic acid groups (broad SMARTS) is 1. The highest BCUT2D eigenvalue weighted by atomic mass is 35.5. The van der Waals surface area contributed by atoms with Crippen molar-refractivity contribution in [2.45, 2.75) is 79.1 Å². The molecule has 1 fully saturated rings. The molecule has 0 radical (unpaired) electrons. The van der Waals surface area contributed by atoms with Gasteiger partial charge in [0.2, 0.25) is 5.91 Å². The van der Waals surface area contributed by atoms with Crippen molar-refractivity contribution >= 4 is 41.0 Å². The molecule has 2 aromatic carbocycles. The van der Waals surface area contributed by atoms with Gasteiger partial charge in [0, 0.05) is 27.9 Å². The molecule has 3 rings (SSSR count). The van der Waals surface area contributed by atoms with E-state index in [9.17, 15) is 19.5 Å². The zero-order chi connectivity index (χ0) is 29.2. The van der Waals surface area contributed by atoms with Crippen LogP contribution in [0.4, 0.5) is 0 Å². The predicted octanol–water partition coefficient (Wildman–Crippen LogP) is 6.47. The first-order valence-corrected chi connectivity index (χ1v) is 13.7. The molecule has 1 aliphatic rings. The minimum Gasteiger partial charge on any atom is -0.489 e. The second-order valence-corrected chi connectivity index (χ2v) is 12.7. The molecule has 0 unspecified atom stereocenters. The summed E-state index contributed by atoms with van der Waals surface area (Å²) in [6.45, 7) is 11.2. The summed E-state index contributed by atoms with van der Waals surface area (Å²) in [6.07, 6.45) is 1.03. The number of amides is 1. The van der Waals surface area contributed by atoms with Gasteiger partial charge in [0.15, 0.2) is 0 Å². The number of ether oxygens (including phenoxy) is 2. The van der Waals surface area contributed by atoms with Crippen LogP contribution in [0.3, 0.4) is 0 Å². The number of hydrogen-bond acceptors (Lipinski definition) is 5. The lowest BCUT2D eigenvalue weighted by molar-refractivity contribution is -0.173. The summed E-state index contributed by atoms with van der Waals surface area (Å²) < 4.78 is 11.5. The van der Waals surface area contributed by atoms with Crippen molar-refractivity contribution in [3.8, 4) is 5.75 Å². The van der Waals surface area contributed by atoms with Gasteiger partial charge < -0.3 is 19.9 Å². The van der Waals surface area contributed by atoms with Crippen molar-refractivity contribution < 1.29 is 29.0 Å². The van der Waals surface area contributed by atoms with Gasteiger partial charge in [-0.2, -0.15) is 0 Å². The summed E-state index contributed by atoms with van der Waals surface area (Å²) in [5.74, 6) is -1.83. The zero-order valence-electron chi connectivity index (χ0n) is 23.3. The molecule has 0 aromatic heterocycles. The SMILES string of the molecule is CC(C)(C)OC(=O)[C@@]1(C)CC[C@@H](C(=O)N[C@@H](Cc2ccc(OCc3c(Cl)cccc3Cl)cc2)C(=O)O)C1(C)C. The molecule has 0 saturated heterocycles. The van der Waals surface area contributed by atoms with E-state index in [0.29, 0.717) is 34.2 Å². The number of carboxylic acids is 1. The Kier molecular flexibility index (Phi) is 9.28. The van der Waals surface area contributed by atoms with Gasteiger partial charge in [-0.1, -0.05) is 55.2 Å². The first kappa shape index (κ1) is 30.8. The van der Waals surface area contributed by atoms with Crippen molar-refractivity contribution in [3.63, 3.8) is 0 Å². The van der Waals surface area contributed by atoms with Crippen LogP contribution in [0.5, 0.6) is 5.75 Å². The normalized spacial score (nSPS) is 21.2. The van der Waals surface area contributed by atoms with Crippen LogP contribution in [0, 0.1) is 16.7 Å². The number of carbonyl (C=O) groups is 3. The summed E-state index contributed by atoms with van der Waals surface area (Å²) in [5, 5.41) is 13.6. The number of esters is 1. The Labute approximate surface area is 240 Å². The first-order valence-electron chi connectivity index (χ1n) is 13.0. The Morgan fingerprint density at radius 1 is 1.05 bits per heavy atom. The van der Waals surface area contributed by atoms with E-state index in [0.717, 1.165) is 5.56 Å². The van der Waals surface area contributed by atoms with Crippen molar-refractivity contribution in [1.82, 2.24) is 5.32 Å². The number of nitrogens with one attached hydrogen (secondary N) is 1. The Morgan fingerprint density at radius 3 is 2.18 bits per heavy atom. The van der Waals surface area contributed by atoms with Gasteiger partial charge in [0.1, 0.15) is 24.0 Å². The molecule has 1 aliphatic carbocycles. The van der Waals surface area contributed by atoms with E-state index in [1.165, 1.54) is 0 Å². The van der Waals surface area contributed by atoms with Crippen LogP contribution < -0.4 is 10.1 Å². The van der Waals surface area contributed by atoms with Gasteiger partial charge in [0.05, 0.1) is 5.41 Å². The second-order valence-electron chi connectivity index (χ2n) is 11.9. The number of rotatable bonds is 9. The fourth-order valence-corrected chi connectivity index (χ4v) is 5.48. The molecular formula is C30H37Cl2NO6. The number of aliphatic carboxylic acids is 1. The third-order valence-electron chi connectivity index (χ3n) is 7.81. The Bertz CT molecular complexity index is 1200. The molecule has 2 aromatic rings. The Hall–Kier alpha value is -2.77. The van der Waals surface area contributed by atoms with Gasteiger partial charge in [-0.3, -0.25) is 9.59 Å². The molecule has 1 amide bonds. The van der Waals surface area contributed by atoms with Crippen molar-refractivity contribution in [2.24, 2.45) is 16.7 Å². The summed E-state index contributed by atoms with van der Waals surface area (Å²) in [5.41, 5.74) is -0.851. The summed E-state index contributed by atoms with van der Waals surface area (Å²) in [4.78, 5) is 38.4. The van der Waals surface area contributed by atoms with Crippen LogP contribution in [0.15, 0.2) is 42.5 Å². The van der Waals surface area contributed by atoms with Crippen LogP contribution >= 0.6 is 23.2 Å². The van der Waals surface area contributed by atoms with E-state index in [2.05, 4.69) is 5.32 Å². The molecule has 39 heavy (non-hydrogen) atoms. The first-order chi connectivity index (χ1) is 18.0. The minimum absolute atomic E-state index is 0.0914. The predicted molar refractivity (Wildman–Crippen MR) is 151 cm³/mol. The average molecular weight is 579 g/mol. The minimum atomic E-state index is -1.14. The zero-order valence-corrected chi connectivity index (χ0v) is 24.8. The lowest BCUT2D eigenvalue weighted by atomic mass is 9.65. The van der Waals surface area contributed by atoms with Crippen LogP contribution in [-0.2, 0) is 32.1 Å². The van der Waals surface area contributed by atoms with Gasteiger partial charge in [-0.05, 0) is 75.8 Å². The molecule has 0 bridgehead atoms. The van der Waals surface area contributed by atoms with E-state index >= 15 is 0 Å². The molecule has 0 spiro atoms. The van der Waals surface area contributed by atoms with Gasteiger partial charge in [0.25, 0.3) is 0 Å². The third kappa shape index (κ3) is 7.06. The standard InChI is InChI=1S/C30H37Cl2NO6/c1-28(2,3)39-27(37)30(6)15-14-21(29(30,4)5)25(34)33-24(26(35)36)16-18-10-12-19(13-11-18)38-17-20-22(31)8-7-9-23(20)32/h7-13,21,24H,14-17H2,1-6H3,(H,33,34)(H,35,36)/t21-,24-,30+/m0/s1. The molecule has 9 heteroatoms. The summed E-state index contributed by atoms with van der Waals surface area (Å²) in [7, 11) is 0. The monoisotopic (exact) mass is 577 g/mol. The highest BCUT2D eigenvalue weighted by Crippen LogP contribution is 2.57. The molecule has 0 aliphatic heterocycles. The van der Waals surface area contributed by atoms with E-state index in [1.807, 2.05) is 41.5 Å². The second kappa shape index (κ2) is 11.8. The largest absolute Gasteiger partial charge is 0.489 e. The molecule has 212 valence electrons. The molecule has 0 heterocycles. The average Bonchev–Trinajstić information content (AvgIpc) is 3.07. The maximum atomic E-state index is 13.3. The fraction of sp³-hybridized carbons (Fsp3) is 0.500. The van der Waals surface area contributed by atoms with Crippen LogP contribution in [-0.4, -0.2) is 34.6 Å². The lowest BCUT2D eigenvalue weighted by Gasteiger charge is -2.40. The lowest BCUT2D eigenvalue weighted by Crippen LogP contribution is -2.50. The quantitative estimate of drug-likeness (QED) is 0.331. The van der Waals surface area contributed by atoms with E-state index in [4.69, 9.17) is 32.7 Å². The number of carbonyl (C=O) groups excluding carboxylic acids is 2. The molecule has 7 nitrogen and oxygen atoms in total. The van der Waals surface area contributed by atoms with Crippen LogP contribution in [0.25, 0.3) is 0 Å². The van der Waals surface area contributed by atoms with Crippen LogP contribution in [0.2, 0.25) is 10.0 Å². The van der Waals surface area contributed by atoms with Crippen LogP contribution in [0.1, 0.15) is 65.5 Å². The molecule has 3 atom stereocenters. The van der Waals surface area contributed by atoms with E-state index in [1.54, 1.807) is 42.5 Å².